The van der Waals surface area contributed by atoms with Crippen molar-refractivity contribution in [1.82, 2.24) is 5.43 Å². The Morgan fingerprint density at radius 3 is 2.75 bits per heavy atom. The van der Waals surface area contributed by atoms with Crippen molar-refractivity contribution in [1.29, 1.82) is 0 Å². The monoisotopic (exact) mass is 291 g/mol. The number of nitro groups is 1. The summed E-state index contributed by atoms with van der Waals surface area (Å²) in [6.45, 7) is 0. The maximum Gasteiger partial charge on any atom is 0.324 e. The molecule has 1 aromatic heterocycles. The first-order valence-electron chi connectivity index (χ1n) is 5.43. The lowest BCUT2D eigenvalue weighted by Crippen LogP contribution is -2.17. The number of nitrogens with zero attached hydrogens (tertiary/aromatic N) is 2. The molecule has 2 aromatic rings. The SMILES string of the molecule is O=C(N/N=C\c1ccc([N+](=O)[O-])s1)c1ccccc1O. The molecule has 20 heavy (non-hydrogen) atoms. The van der Waals surface area contributed by atoms with E-state index in [-0.39, 0.29) is 16.3 Å². The average Bonchev–Trinajstić information content (AvgIpc) is 2.88. The molecular weight excluding hydrogens is 282 g/mol. The summed E-state index contributed by atoms with van der Waals surface area (Å²) in [5.41, 5.74) is 2.33. The molecule has 2 rings (SSSR count). The lowest BCUT2D eigenvalue weighted by atomic mass is 10.2. The second kappa shape index (κ2) is 5.93. The first-order valence-corrected chi connectivity index (χ1v) is 6.25. The maximum atomic E-state index is 11.7. The first kappa shape index (κ1) is 13.7. The van der Waals surface area contributed by atoms with Gasteiger partial charge in [-0.1, -0.05) is 23.5 Å². The number of benzene rings is 1. The molecule has 1 heterocycles. The number of hydrazone groups is 1. The van der Waals surface area contributed by atoms with Crippen molar-refractivity contribution in [3.63, 3.8) is 0 Å². The number of phenols is 1. The third-order valence-electron chi connectivity index (χ3n) is 2.30. The van der Waals surface area contributed by atoms with Crippen LogP contribution in [0.15, 0.2) is 41.5 Å². The van der Waals surface area contributed by atoms with E-state index in [4.69, 9.17) is 0 Å². The highest BCUT2D eigenvalue weighted by molar-refractivity contribution is 7.16. The molecular formula is C12H9N3O4S. The third kappa shape index (κ3) is 3.18. The number of amides is 1. The number of carbonyl (C=O) groups is 1. The molecule has 0 saturated carbocycles. The molecule has 0 radical (unpaired) electrons. The van der Waals surface area contributed by atoms with Crippen molar-refractivity contribution in [2.75, 3.05) is 0 Å². The molecule has 0 unspecified atom stereocenters. The zero-order chi connectivity index (χ0) is 14.5. The van der Waals surface area contributed by atoms with Gasteiger partial charge < -0.3 is 5.11 Å². The third-order valence-corrected chi connectivity index (χ3v) is 3.27. The van der Waals surface area contributed by atoms with Gasteiger partial charge in [-0.2, -0.15) is 5.10 Å². The standard InChI is InChI=1S/C12H9N3O4S/c16-10-4-2-1-3-9(10)12(17)14-13-7-8-5-6-11(20-8)15(18)19/h1-7,16H,(H,14,17)/b13-7-. The Hall–Kier alpha value is -2.74. The summed E-state index contributed by atoms with van der Waals surface area (Å²) in [5.74, 6) is -0.711. The topological polar surface area (TPSA) is 105 Å². The normalized spacial score (nSPS) is 10.6. The fraction of sp³-hybridized carbons (Fsp3) is 0. The number of aromatic hydroxyl groups is 1. The van der Waals surface area contributed by atoms with Gasteiger partial charge in [-0.25, -0.2) is 5.43 Å². The Morgan fingerprint density at radius 1 is 1.35 bits per heavy atom. The van der Waals surface area contributed by atoms with Crippen LogP contribution < -0.4 is 5.43 Å². The highest BCUT2D eigenvalue weighted by Crippen LogP contribution is 2.22. The predicted octanol–water partition coefficient (Wildman–Crippen LogP) is 2.13. The summed E-state index contributed by atoms with van der Waals surface area (Å²) >= 11 is 0.943. The smallest absolute Gasteiger partial charge is 0.324 e. The summed E-state index contributed by atoms with van der Waals surface area (Å²) in [6, 6.07) is 8.94. The van der Waals surface area contributed by atoms with Crippen LogP contribution in [0.3, 0.4) is 0 Å². The molecule has 0 bridgehead atoms. The molecule has 8 heteroatoms. The van der Waals surface area contributed by atoms with Crippen LogP contribution in [0.2, 0.25) is 0 Å². The molecule has 0 saturated heterocycles. The van der Waals surface area contributed by atoms with Crippen molar-refractivity contribution in [2.24, 2.45) is 5.10 Å². The van der Waals surface area contributed by atoms with Gasteiger partial charge in [0.15, 0.2) is 0 Å². The van der Waals surface area contributed by atoms with E-state index in [9.17, 15) is 20.0 Å². The number of nitrogens with one attached hydrogen (secondary N) is 1. The van der Waals surface area contributed by atoms with Crippen molar-refractivity contribution < 1.29 is 14.8 Å². The Labute approximate surface area is 117 Å². The van der Waals surface area contributed by atoms with Crippen molar-refractivity contribution in [3.05, 3.63) is 57.0 Å². The van der Waals surface area contributed by atoms with E-state index in [0.717, 1.165) is 11.3 Å². The minimum absolute atomic E-state index is 0.00141. The molecule has 1 aromatic carbocycles. The zero-order valence-corrected chi connectivity index (χ0v) is 10.8. The minimum atomic E-state index is -0.564. The van der Waals surface area contributed by atoms with Crippen molar-refractivity contribution in [3.8, 4) is 5.75 Å². The molecule has 0 spiro atoms. The van der Waals surface area contributed by atoms with Crippen LogP contribution in [0, 0.1) is 10.1 Å². The molecule has 0 aliphatic carbocycles. The quantitative estimate of drug-likeness (QED) is 0.511. The molecule has 7 nitrogen and oxygen atoms in total. The minimum Gasteiger partial charge on any atom is -0.507 e. The van der Waals surface area contributed by atoms with E-state index in [1.54, 1.807) is 12.1 Å². The lowest BCUT2D eigenvalue weighted by molar-refractivity contribution is -0.380. The Morgan fingerprint density at radius 2 is 2.10 bits per heavy atom. The van der Waals surface area contributed by atoms with Gasteiger partial charge in [-0.3, -0.25) is 14.9 Å². The average molecular weight is 291 g/mol. The van der Waals surface area contributed by atoms with Gasteiger partial charge in [-0.15, -0.1) is 0 Å². The van der Waals surface area contributed by atoms with Crippen LogP contribution in [0.25, 0.3) is 0 Å². The van der Waals surface area contributed by atoms with Crippen LogP contribution in [-0.4, -0.2) is 22.2 Å². The van der Waals surface area contributed by atoms with Crippen LogP contribution in [0.5, 0.6) is 5.75 Å². The first-order chi connectivity index (χ1) is 9.58. The van der Waals surface area contributed by atoms with Crippen LogP contribution in [-0.2, 0) is 0 Å². The van der Waals surface area contributed by atoms with Gasteiger partial charge in [0.25, 0.3) is 5.91 Å². The molecule has 0 aliphatic heterocycles. The molecule has 0 fully saturated rings. The number of hydrogen-bond donors (Lipinski definition) is 2. The van der Waals surface area contributed by atoms with Gasteiger partial charge in [-0.05, 0) is 18.2 Å². The molecule has 2 N–H and O–H groups in total. The maximum absolute atomic E-state index is 11.7. The molecule has 1 amide bonds. The van der Waals surface area contributed by atoms with Gasteiger partial charge >= 0.3 is 5.00 Å². The van der Waals surface area contributed by atoms with Crippen molar-refractivity contribution >= 4 is 28.5 Å². The number of hydrogen-bond acceptors (Lipinski definition) is 6. The Bertz CT molecular complexity index is 681. The second-order valence-corrected chi connectivity index (χ2v) is 4.74. The fourth-order valence-electron chi connectivity index (χ4n) is 1.39. The van der Waals surface area contributed by atoms with Crippen molar-refractivity contribution in [2.45, 2.75) is 0 Å². The summed E-state index contributed by atoms with van der Waals surface area (Å²) in [4.78, 5) is 22.2. The Balaban J connectivity index is 2.01. The molecule has 102 valence electrons. The van der Waals surface area contributed by atoms with Crippen LogP contribution >= 0.6 is 11.3 Å². The van der Waals surface area contributed by atoms with Crippen LogP contribution in [0.4, 0.5) is 5.00 Å². The number of phenolic OH excluding ortho intramolecular Hbond substituents is 1. The second-order valence-electron chi connectivity index (χ2n) is 3.65. The van der Waals surface area contributed by atoms with E-state index >= 15 is 0 Å². The van der Waals surface area contributed by atoms with E-state index in [0.29, 0.717) is 4.88 Å². The van der Waals surface area contributed by atoms with Gasteiger partial charge in [0.1, 0.15) is 5.75 Å². The lowest BCUT2D eigenvalue weighted by Gasteiger charge is -2.01. The van der Waals surface area contributed by atoms with Gasteiger partial charge in [0, 0.05) is 6.07 Å². The van der Waals surface area contributed by atoms with E-state index in [2.05, 4.69) is 10.5 Å². The van der Waals surface area contributed by atoms with Gasteiger partial charge in [0.05, 0.1) is 21.6 Å². The zero-order valence-electron chi connectivity index (χ0n) is 10.0. The number of para-hydroxylation sites is 1. The van der Waals surface area contributed by atoms with E-state index in [1.807, 2.05) is 0 Å². The van der Waals surface area contributed by atoms with E-state index < -0.39 is 10.8 Å². The Kier molecular flexibility index (Phi) is 4.06. The highest BCUT2D eigenvalue weighted by atomic mass is 32.1. The van der Waals surface area contributed by atoms with Gasteiger partial charge in [0.2, 0.25) is 0 Å². The van der Waals surface area contributed by atoms with E-state index in [1.165, 1.54) is 30.5 Å². The summed E-state index contributed by atoms with van der Waals surface area (Å²) in [7, 11) is 0. The fourth-order valence-corrected chi connectivity index (χ4v) is 2.08. The largest absolute Gasteiger partial charge is 0.507 e. The highest BCUT2D eigenvalue weighted by Gasteiger charge is 2.10. The molecule has 0 atom stereocenters. The molecule has 0 aliphatic rings. The summed E-state index contributed by atoms with van der Waals surface area (Å²) < 4.78 is 0. The predicted molar refractivity (Wildman–Crippen MR) is 74.1 cm³/mol. The summed E-state index contributed by atoms with van der Waals surface area (Å²) in [5, 5.41) is 23.7. The summed E-state index contributed by atoms with van der Waals surface area (Å²) in [6.07, 6.45) is 1.30. The van der Waals surface area contributed by atoms with Crippen LogP contribution in [0.1, 0.15) is 15.2 Å². The number of carbonyl (C=O) groups excluding carboxylic acids is 1. The number of rotatable bonds is 4. The number of thiophene rings is 1.